The molecule has 8 heteroatoms. The summed E-state index contributed by atoms with van der Waals surface area (Å²) in [6, 6.07) is 5.87. The van der Waals surface area contributed by atoms with Gasteiger partial charge in [0.2, 0.25) is 5.91 Å². The number of amides is 3. The van der Waals surface area contributed by atoms with Gasteiger partial charge in [-0.1, -0.05) is 12.1 Å². The minimum atomic E-state index is -0.683. The number of esters is 1. The van der Waals surface area contributed by atoms with Crippen LogP contribution < -0.4 is 10.6 Å². The Bertz CT molecular complexity index is 761. The molecule has 0 saturated heterocycles. The van der Waals surface area contributed by atoms with Gasteiger partial charge in [0, 0.05) is 18.4 Å². The number of nitrogens with zero attached hydrogens (tertiary/aromatic N) is 1. The predicted octanol–water partition coefficient (Wildman–Crippen LogP) is 2.79. The smallest absolute Gasteiger partial charge is 0.338 e. The molecule has 1 aliphatic heterocycles. The molecular weight excluding hydrogens is 358 g/mol. The van der Waals surface area contributed by atoms with Gasteiger partial charge in [-0.3, -0.25) is 4.79 Å². The molecule has 0 unspecified atom stereocenters. The Hall–Kier alpha value is -2.54. The molecular formula is C18H22ClN3O4. The maximum Gasteiger partial charge on any atom is 0.338 e. The molecule has 2 rings (SSSR count). The summed E-state index contributed by atoms with van der Waals surface area (Å²) in [4.78, 5) is 37.7. The van der Waals surface area contributed by atoms with E-state index in [1.165, 1.54) is 4.90 Å². The summed E-state index contributed by atoms with van der Waals surface area (Å²) in [7, 11) is 1.58. The zero-order valence-corrected chi connectivity index (χ0v) is 15.9. The van der Waals surface area contributed by atoms with E-state index >= 15 is 0 Å². The molecule has 0 radical (unpaired) electrons. The molecule has 1 atom stereocenters. The molecule has 26 heavy (non-hydrogen) atoms. The summed E-state index contributed by atoms with van der Waals surface area (Å²) in [5, 5.41) is 5.45. The molecule has 1 aliphatic rings. The number of carbonyl (C=O) groups excluding carboxylic acids is 3. The fourth-order valence-electron chi connectivity index (χ4n) is 2.62. The Balaban J connectivity index is 2.44. The molecule has 1 aromatic carbocycles. The molecule has 140 valence electrons. The number of hydrogen-bond acceptors (Lipinski definition) is 4. The lowest BCUT2D eigenvalue weighted by Crippen LogP contribution is -2.46. The topological polar surface area (TPSA) is 87.7 Å². The lowest BCUT2D eigenvalue weighted by molar-refractivity contribution is -0.143. The summed E-state index contributed by atoms with van der Waals surface area (Å²) in [6.07, 6.45) is -0.291. The van der Waals surface area contributed by atoms with E-state index in [1.54, 1.807) is 52.1 Å². The lowest BCUT2D eigenvalue weighted by Gasteiger charge is -2.33. The van der Waals surface area contributed by atoms with Crippen LogP contribution in [0.4, 0.5) is 10.5 Å². The average molecular weight is 380 g/mol. The Morgan fingerprint density at radius 3 is 2.69 bits per heavy atom. The molecule has 0 aromatic heterocycles. The second kappa shape index (κ2) is 8.23. The van der Waals surface area contributed by atoms with E-state index in [2.05, 4.69) is 10.6 Å². The summed E-state index contributed by atoms with van der Waals surface area (Å²) in [5.41, 5.74) is 2.03. The first-order chi connectivity index (χ1) is 12.2. The van der Waals surface area contributed by atoms with Crippen molar-refractivity contribution in [1.29, 1.82) is 0 Å². The van der Waals surface area contributed by atoms with E-state index in [9.17, 15) is 14.4 Å². The molecule has 0 saturated carbocycles. The quantitative estimate of drug-likeness (QED) is 0.608. The number of allylic oxidation sites excluding steroid dienone is 1. The lowest BCUT2D eigenvalue weighted by atomic mass is 9.94. The van der Waals surface area contributed by atoms with Crippen LogP contribution in [-0.4, -0.2) is 41.8 Å². The van der Waals surface area contributed by atoms with Crippen molar-refractivity contribution >= 4 is 35.2 Å². The number of urea groups is 1. The average Bonchev–Trinajstić information content (AvgIpc) is 2.58. The number of halogens is 1. The molecule has 2 N–H and O–H groups in total. The zero-order valence-electron chi connectivity index (χ0n) is 15.1. The molecule has 1 heterocycles. The van der Waals surface area contributed by atoms with Crippen molar-refractivity contribution in [2.45, 2.75) is 32.9 Å². The van der Waals surface area contributed by atoms with E-state index < -0.39 is 12.0 Å². The van der Waals surface area contributed by atoms with E-state index in [4.69, 9.17) is 16.3 Å². The Morgan fingerprint density at radius 1 is 1.38 bits per heavy atom. The van der Waals surface area contributed by atoms with Gasteiger partial charge in [0.15, 0.2) is 0 Å². The number of nitrogens with one attached hydrogen (secondary N) is 2. The van der Waals surface area contributed by atoms with Crippen molar-refractivity contribution in [2.75, 3.05) is 18.2 Å². The summed E-state index contributed by atoms with van der Waals surface area (Å²) < 4.78 is 5.35. The molecule has 0 fully saturated rings. The summed E-state index contributed by atoms with van der Waals surface area (Å²) >= 11 is 5.51. The van der Waals surface area contributed by atoms with Crippen LogP contribution in [0.5, 0.6) is 0 Å². The molecule has 3 amide bonds. The van der Waals surface area contributed by atoms with Gasteiger partial charge in [-0.05, 0) is 38.5 Å². The van der Waals surface area contributed by atoms with Crippen LogP contribution in [-0.2, 0) is 14.3 Å². The van der Waals surface area contributed by atoms with Gasteiger partial charge in [0.25, 0.3) is 0 Å². The Morgan fingerprint density at radius 2 is 2.08 bits per heavy atom. The molecule has 0 aliphatic carbocycles. The van der Waals surface area contributed by atoms with Gasteiger partial charge in [-0.15, -0.1) is 11.6 Å². The van der Waals surface area contributed by atoms with Gasteiger partial charge in [0.05, 0.1) is 17.7 Å². The Labute approximate surface area is 157 Å². The highest BCUT2D eigenvalue weighted by Crippen LogP contribution is 2.32. The SMILES string of the molecule is CC1=C(C(=O)OC(C)C)[C@@H](c2cccc(NC(=O)CCl)c2)NC(=O)N1C. The third kappa shape index (κ3) is 4.35. The highest BCUT2D eigenvalue weighted by molar-refractivity contribution is 6.29. The van der Waals surface area contributed by atoms with Crippen LogP contribution in [0, 0.1) is 0 Å². The first-order valence-electron chi connectivity index (χ1n) is 8.16. The minimum Gasteiger partial charge on any atom is -0.459 e. The third-order valence-corrected chi connectivity index (χ3v) is 4.18. The van der Waals surface area contributed by atoms with E-state index in [-0.39, 0.29) is 23.9 Å². The van der Waals surface area contributed by atoms with E-state index in [0.717, 1.165) is 0 Å². The second-order valence-electron chi connectivity index (χ2n) is 6.20. The van der Waals surface area contributed by atoms with Crippen molar-refractivity contribution in [3.8, 4) is 0 Å². The zero-order chi connectivity index (χ0) is 19.4. The fourth-order valence-corrected chi connectivity index (χ4v) is 2.68. The number of benzene rings is 1. The third-order valence-electron chi connectivity index (χ3n) is 3.94. The maximum absolute atomic E-state index is 12.6. The number of alkyl halides is 1. The predicted molar refractivity (Wildman–Crippen MR) is 98.8 cm³/mol. The van der Waals surface area contributed by atoms with Gasteiger partial charge in [-0.2, -0.15) is 0 Å². The monoisotopic (exact) mass is 379 g/mol. The molecule has 0 spiro atoms. The van der Waals surface area contributed by atoms with E-state index in [0.29, 0.717) is 22.5 Å². The van der Waals surface area contributed by atoms with Crippen molar-refractivity contribution < 1.29 is 19.1 Å². The summed E-state index contributed by atoms with van der Waals surface area (Å²) in [6.45, 7) is 5.22. The van der Waals surface area contributed by atoms with Crippen LogP contribution in [0.2, 0.25) is 0 Å². The molecule has 7 nitrogen and oxygen atoms in total. The molecule has 0 bridgehead atoms. The number of ether oxygens (including phenoxy) is 1. The first-order valence-corrected chi connectivity index (χ1v) is 8.69. The van der Waals surface area contributed by atoms with Gasteiger partial charge in [-0.25, -0.2) is 9.59 Å². The number of carbonyl (C=O) groups is 3. The van der Waals surface area contributed by atoms with Crippen LogP contribution in [0.1, 0.15) is 32.4 Å². The van der Waals surface area contributed by atoms with Crippen LogP contribution >= 0.6 is 11.6 Å². The largest absolute Gasteiger partial charge is 0.459 e. The van der Waals surface area contributed by atoms with E-state index in [1.807, 2.05) is 0 Å². The number of hydrogen-bond donors (Lipinski definition) is 2. The van der Waals surface area contributed by atoms with Crippen molar-refractivity contribution in [3.63, 3.8) is 0 Å². The minimum absolute atomic E-state index is 0.167. The highest BCUT2D eigenvalue weighted by atomic mass is 35.5. The van der Waals surface area contributed by atoms with Crippen LogP contribution in [0.15, 0.2) is 35.5 Å². The molecule has 1 aromatic rings. The van der Waals surface area contributed by atoms with Crippen molar-refractivity contribution in [2.24, 2.45) is 0 Å². The van der Waals surface area contributed by atoms with Crippen molar-refractivity contribution in [1.82, 2.24) is 10.2 Å². The van der Waals surface area contributed by atoms with Crippen LogP contribution in [0.3, 0.4) is 0 Å². The Kier molecular flexibility index (Phi) is 6.26. The van der Waals surface area contributed by atoms with Crippen molar-refractivity contribution in [3.05, 3.63) is 41.1 Å². The maximum atomic E-state index is 12.6. The number of anilines is 1. The fraction of sp³-hybridized carbons (Fsp3) is 0.389. The second-order valence-corrected chi connectivity index (χ2v) is 6.47. The van der Waals surface area contributed by atoms with Gasteiger partial charge < -0.3 is 20.3 Å². The first kappa shape index (κ1) is 19.8. The summed E-state index contributed by atoms with van der Waals surface area (Å²) in [5.74, 6) is -1.01. The normalized spacial score (nSPS) is 17.2. The van der Waals surface area contributed by atoms with Crippen LogP contribution in [0.25, 0.3) is 0 Å². The van der Waals surface area contributed by atoms with Gasteiger partial charge in [0.1, 0.15) is 5.88 Å². The van der Waals surface area contributed by atoms with Gasteiger partial charge >= 0.3 is 12.0 Å². The number of rotatable bonds is 5. The highest BCUT2D eigenvalue weighted by Gasteiger charge is 2.35. The standard InChI is InChI=1S/C18H22ClN3O4/c1-10(2)26-17(24)15-11(3)22(4)18(25)21-16(15)12-6-5-7-13(8-12)20-14(23)9-19/h5-8,10,16H,9H2,1-4H3,(H,20,23)(H,21,25)/t16-/m1/s1.